The molecule has 0 N–H and O–H groups in total. The van der Waals surface area contributed by atoms with Crippen LogP contribution in [0, 0.1) is 13.8 Å². The van der Waals surface area contributed by atoms with Gasteiger partial charge in [-0.2, -0.15) is 4.98 Å². The second-order valence-corrected chi connectivity index (χ2v) is 10.4. The van der Waals surface area contributed by atoms with Gasteiger partial charge in [-0.15, -0.1) is 0 Å². The minimum Gasteiger partial charge on any atom is -0.438 e. The highest BCUT2D eigenvalue weighted by molar-refractivity contribution is 8.26. The van der Waals surface area contributed by atoms with Crippen molar-refractivity contribution in [3.05, 3.63) is 109 Å². The quantitative estimate of drug-likeness (QED) is 0.226. The van der Waals surface area contributed by atoms with E-state index in [1.54, 1.807) is 30.5 Å². The summed E-state index contributed by atoms with van der Waals surface area (Å²) in [6.07, 6.45) is 3.17. The second kappa shape index (κ2) is 9.89. The molecule has 1 amide bonds. The van der Waals surface area contributed by atoms with Crippen molar-refractivity contribution in [1.29, 1.82) is 0 Å². The molecule has 5 rings (SSSR count). The largest absolute Gasteiger partial charge is 0.438 e. The third kappa shape index (κ3) is 4.67. The number of hydrogen-bond donors (Lipinski definition) is 0. The second-order valence-electron chi connectivity index (χ2n) is 8.29. The third-order valence-corrected chi connectivity index (χ3v) is 7.53. The van der Waals surface area contributed by atoms with E-state index in [9.17, 15) is 9.59 Å². The van der Waals surface area contributed by atoms with Crippen LogP contribution < -0.4 is 10.3 Å². The smallest absolute Gasteiger partial charge is 0.269 e. The van der Waals surface area contributed by atoms with Crippen LogP contribution in [-0.4, -0.2) is 24.5 Å². The van der Waals surface area contributed by atoms with Crippen molar-refractivity contribution in [2.75, 3.05) is 0 Å². The molecule has 0 unspecified atom stereocenters. The van der Waals surface area contributed by atoms with Crippen molar-refractivity contribution in [2.24, 2.45) is 0 Å². The Kier molecular flexibility index (Phi) is 6.66. The number of fused-ring (bicyclic) bond motifs is 1. The molecule has 2 aromatic heterocycles. The molecule has 0 spiro atoms. The molecule has 2 aromatic carbocycles. The summed E-state index contributed by atoms with van der Waals surface area (Å²) >= 11 is 12.8. The van der Waals surface area contributed by atoms with Crippen molar-refractivity contribution < 1.29 is 9.53 Å². The lowest BCUT2D eigenvalue weighted by molar-refractivity contribution is -0.122. The first-order chi connectivity index (χ1) is 17.3. The van der Waals surface area contributed by atoms with E-state index in [-0.39, 0.29) is 22.9 Å². The van der Waals surface area contributed by atoms with Crippen molar-refractivity contribution in [3.8, 4) is 11.6 Å². The van der Waals surface area contributed by atoms with Crippen molar-refractivity contribution >= 4 is 57.5 Å². The number of thioether (sulfide) groups is 1. The topological polar surface area (TPSA) is 63.9 Å². The molecule has 0 saturated carbocycles. The van der Waals surface area contributed by atoms with Crippen LogP contribution in [0.25, 0.3) is 11.7 Å². The van der Waals surface area contributed by atoms with Crippen LogP contribution >= 0.6 is 35.6 Å². The number of hydrogen-bond acceptors (Lipinski definition) is 6. The number of carbonyl (C=O) groups excluding carboxylic acids is 1. The molecule has 36 heavy (non-hydrogen) atoms. The number of aromatic nitrogens is 2. The molecule has 1 aliphatic heterocycles. The summed E-state index contributed by atoms with van der Waals surface area (Å²) in [5, 5.41) is 0.604. The van der Waals surface area contributed by atoms with Crippen molar-refractivity contribution in [2.45, 2.75) is 20.4 Å². The normalized spacial score (nSPS) is 14.8. The van der Waals surface area contributed by atoms with Crippen LogP contribution in [0.5, 0.6) is 11.6 Å². The number of pyridine rings is 1. The van der Waals surface area contributed by atoms with Gasteiger partial charge in [-0.05, 0) is 60.9 Å². The summed E-state index contributed by atoms with van der Waals surface area (Å²) in [6.45, 7) is 4.08. The third-order valence-electron chi connectivity index (χ3n) is 5.73. The summed E-state index contributed by atoms with van der Waals surface area (Å²) in [7, 11) is 0. The van der Waals surface area contributed by atoms with E-state index in [0.29, 0.717) is 32.2 Å². The molecule has 0 atom stereocenters. The molecular weight excluding hydrogens is 514 g/mol. The fraction of sp³-hybridized carbons (Fsp3) is 0.111. The van der Waals surface area contributed by atoms with Crippen molar-refractivity contribution in [1.82, 2.24) is 14.3 Å². The van der Waals surface area contributed by atoms with E-state index < -0.39 is 0 Å². The van der Waals surface area contributed by atoms with E-state index in [1.807, 2.05) is 50.2 Å². The molecule has 180 valence electrons. The number of benzene rings is 2. The SMILES string of the molecule is Cc1cc(Oc2nc3c(C)cccn3c(=O)c2/C=C2/SC(=S)N(Cc3ccccc3)C2=O)ccc1Cl. The standard InChI is InChI=1S/C27H20ClN3O3S2/c1-16-7-6-12-30-23(16)29-24(34-19-10-11-21(28)17(2)13-19)20(25(30)32)14-22-26(33)31(27(35)36-22)15-18-8-4-3-5-9-18/h3-14H,15H2,1-2H3/b22-14+. The minimum absolute atomic E-state index is 0.101. The molecule has 9 heteroatoms. The molecule has 1 saturated heterocycles. The zero-order chi connectivity index (χ0) is 25.4. The number of thiocarbonyl (C=S) groups is 1. The molecule has 1 aliphatic rings. The maximum absolute atomic E-state index is 13.6. The lowest BCUT2D eigenvalue weighted by Crippen LogP contribution is -2.27. The monoisotopic (exact) mass is 533 g/mol. The molecule has 0 bridgehead atoms. The predicted molar refractivity (Wildman–Crippen MR) is 148 cm³/mol. The van der Waals surface area contributed by atoms with Gasteiger partial charge in [-0.1, -0.05) is 72.0 Å². The van der Waals surface area contributed by atoms with Crippen LogP contribution in [0.3, 0.4) is 0 Å². The number of rotatable bonds is 5. The molecule has 6 nitrogen and oxygen atoms in total. The first-order valence-electron chi connectivity index (χ1n) is 11.1. The Hall–Kier alpha value is -3.46. The first kappa shape index (κ1) is 24.2. The average molecular weight is 534 g/mol. The van der Waals surface area contributed by atoms with Gasteiger partial charge < -0.3 is 4.74 Å². The molecule has 0 radical (unpaired) electrons. The van der Waals surface area contributed by atoms with Crippen LogP contribution in [-0.2, 0) is 11.3 Å². The number of halogens is 1. The van der Waals surface area contributed by atoms with E-state index in [2.05, 4.69) is 4.98 Å². The van der Waals surface area contributed by atoms with Crippen LogP contribution in [0.1, 0.15) is 22.3 Å². The highest BCUT2D eigenvalue weighted by Crippen LogP contribution is 2.35. The van der Waals surface area contributed by atoms with E-state index in [0.717, 1.165) is 28.5 Å². The fourth-order valence-corrected chi connectivity index (χ4v) is 5.17. The fourth-order valence-electron chi connectivity index (χ4n) is 3.82. The van der Waals surface area contributed by atoms with Gasteiger partial charge in [-0.25, -0.2) is 0 Å². The Bertz CT molecular complexity index is 1620. The number of nitrogens with zero attached hydrogens (tertiary/aromatic N) is 3. The van der Waals surface area contributed by atoms with Gasteiger partial charge in [0.05, 0.1) is 11.4 Å². The van der Waals surface area contributed by atoms with Gasteiger partial charge in [0.2, 0.25) is 5.88 Å². The van der Waals surface area contributed by atoms with E-state index in [1.165, 1.54) is 15.4 Å². The van der Waals surface area contributed by atoms with Crippen molar-refractivity contribution in [3.63, 3.8) is 0 Å². The van der Waals surface area contributed by atoms with Gasteiger partial charge >= 0.3 is 0 Å². The highest BCUT2D eigenvalue weighted by atomic mass is 35.5. The van der Waals surface area contributed by atoms with Gasteiger partial charge in [0.15, 0.2) is 0 Å². The zero-order valence-corrected chi connectivity index (χ0v) is 21.8. The number of aryl methyl sites for hydroxylation is 2. The number of amides is 1. The maximum atomic E-state index is 13.6. The summed E-state index contributed by atoms with van der Waals surface area (Å²) in [6, 6.07) is 18.5. The summed E-state index contributed by atoms with van der Waals surface area (Å²) in [5.41, 5.74) is 2.87. The average Bonchev–Trinajstić information content (AvgIpc) is 3.12. The van der Waals surface area contributed by atoms with Gasteiger partial charge in [0.1, 0.15) is 21.3 Å². The Morgan fingerprint density at radius 2 is 1.83 bits per heavy atom. The minimum atomic E-state index is -0.349. The Morgan fingerprint density at radius 3 is 2.58 bits per heavy atom. The maximum Gasteiger partial charge on any atom is 0.269 e. The Labute approximate surface area is 222 Å². The lowest BCUT2D eigenvalue weighted by Gasteiger charge is -2.14. The lowest BCUT2D eigenvalue weighted by atomic mass is 10.2. The zero-order valence-electron chi connectivity index (χ0n) is 19.4. The van der Waals surface area contributed by atoms with Gasteiger partial charge in [0, 0.05) is 11.2 Å². The molecular formula is C27H20ClN3O3S2. The highest BCUT2D eigenvalue weighted by Gasteiger charge is 2.33. The number of ether oxygens (including phenoxy) is 1. The predicted octanol–water partition coefficient (Wildman–Crippen LogP) is 6.16. The molecule has 4 aromatic rings. The molecule has 0 aliphatic carbocycles. The van der Waals surface area contributed by atoms with Crippen LogP contribution in [0.2, 0.25) is 5.02 Å². The van der Waals surface area contributed by atoms with Gasteiger partial charge in [-0.3, -0.25) is 18.9 Å². The Balaban J connectivity index is 1.60. The molecule has 1 fully saturated rings. The van der Waals surface area contributed by atoms with Crippen LogP contribution in [0.4, 0.5) is 0 Å². The summed E-state index contributed by atoms with van der Waals surface area (Å²) < 4.78 is 7.97. The van der Waals surface area contributed by atoms with E-state index >= 15 is 0 Å². The summed E-state index contributed by atoms with van der Waals surface area (Å²) in [5.74, 6) is 0.313. The van der Waals surface area contributed by atoms with Crippen LogP contribution in [0.15, 0.2) is 76.6 Å². The number of carbonyl (C=O) groups is 1. The van der Waals surface area contributed by atoms with Gasteiger partial charge in [0.25, 0.3) is 11.5 Å². The molecule has 3 heterocycles. The first-order valence-corrected chi connectivity index (χ1v) is 12.7. The summed E-state index contributed by atoms with van der Waals surface area (Å²) in [4.78, 5) is 33.4. The van der Waals surface area contributed by atoms with E-state index in [4.69, 9.17) is 28.6 Å². The Morgan fingerprint density at radius 1 is 1.06 bits per heavy atom.